The molecule has 0 atom stereocenters. The maximum absolute atomic E-state index is 11.7. The molecule has 0 radical (unpaired) electrons. The highest BCUT2D eigenvalue weighted by Crippen LogP contribution is 2.22. The minimum atomic E-state index is -0.636. The summed E-state index contributed by atoms with van der Waals surface area (Å²) in [5.41, 5.74) is -0.652. The van der Waals surface area contributed by atoms with Crippen LogP contribution in [0.1, 0.15) is 26.3 Å². The van der Waals surface area contributed by atoms with Gasteiger partial charge < -0.3 is 9.47 Å². The molecule has 1 aromatic heterocycles. The lowest BCUT2D eigenvalue weighted by atomic mass is 10.1. The first-order valence-corrected chi connectivity index (χ1v) is 5.62. The van der Waals surface area contributed by atoms with Crippen molar-refractivity contribution in [2.45, 2.75) is 32.8 Å². The summed E-state index contributed by atoms with van der Waals surface area (Å²) in [4.78, 5) is 25.7. The molecule has 0 spiro atoms. The average Bonchev–Trinajstić information content (AvgIpc) is 2.25. The van der Waals surface area contributed by atoms with Crippen molar-refractivity contribution in [3.8, 4) is 5.88 Å². The molecule has 1 aromatic rings. The Bertz CT molecular complexity index is 493. The topological polar surface area (TPSA) is 91.6 Å². The molecule has 0 unspecified atom stereocenters. The Hall–Kier alpha value is -2.18. The third kappa shape index (κ3) is 4.53. The first-order valence-electron chi connectivity index (χ1n) is 5.62. The Kier molecular flexibility index (Phi) is 4.42. The Morgan fingerprint density at radius 2 is 2.11 bits per heavy atom. The number of aromatic nitrogens is 1. The zero-order valence-electron chi connectivity index (χ0n) is 11.3. The summed E-state index contributed by atoms with van der Waals surface area (Å²) < 4.78 is 10.0. The minimum absolute atomic E-state index is 0.202. The van der Waals surface area contributed by atoms with Gasteiger partial charge in [0.25, 0.3) is 5.69 Å². The molecular formula is C12H16N2O5. The first-order chi connectivity index (χ1) is 8.73. The van der Waals surface area contributed by atoms with E-state index in [0.717, 1.165) is 6.20 Å². The largest absolute Gasteiger partial charge is 0.481 e. The molecule has 0 aliphatic carbocycles. The first kappa shape index (κ1) is 14.9. The van der Waals surface area contributed by atoms with Crippen LogP contribution in [0.3, 0.4) is 0 Å². The molecule has 0 aliphatic rings. The number of ether oxygens (including phenoxy) is 2. The normalized spacial score (nSPS) is 10.9. The van der Waals surface area contributed by atoms with Crippen molar-refractivity contribution in [3.63, 3.8) is 0 Å². The fourth-order valence-electron chi connectivity index (χ4n) is 1.42. The second-order valence-corrected chi connectivity index (χ2v) is 4.88. The number of nitro groups is 1. The Morgan fingerprint density at radius 3 is 2.58 bits per heavy atom. The maximum atomic E-state index is 11.7. The van der Waals surface area contributed by atoms with Crippen LogP contribution in [0, 0.1) is 10.1 Å². The predicted molar refractivity (Wildman–Crippen MR) is 67.0 cm³/mol. The van der Waals surface area contributed by atoms with Gasteiger partial charge in [-0.15, -0.1) is 0 Å². The number of rotatable bonds is 4. The van der Waals surface area contributed by atoms with E-state index in [1.165, 1.54) is 13.2 Å². The van der Waals surface area contributed by atoms with Crippen molar-refractivity contribution >= 4 is 11.7 Å². The highest BCUT2D eigenvalue weighted by Gasteiger charge is 2.22. The van der Waals surface area contributed by atoms with Crippen LogP contribution in [-0.4, -0.2) is 28.6 Å². The Labute approximate surface area is 110 Å². The van der Waals surface area contributed by atoms with E-state index in [9.17, 15) is 14.9 Å². The van der Waals surface area contributed by atoms with Crippen molar-refractivity contribution in [1.82, 2.24) is 4.98 Å². The van der Waals surface area contributed by atoms with Gasteiger partial charge in [-0.25, -0.2) is 4.98 Å². The number of pyridine rings is 1. The van der Waals surface area contributed by atoms with E-state index in [2.05, 4.69) is 4.98 Å². The van der Waals surface area contributed by atoms with Crippen LogP contribution < -0.4 is 4.74 Å². The van der Waals surface area contributed by atoms with Gasteiger partial charge in [-0.3, -0.25) is 14.9 Å². The van der Waals surface area contributed by atoms with Crippen LogP contribution in [-0.2, 0) is 16.0 Å². The molecule has 0 amide bonds. The number of carbonyl (C=O) groups is 1. The quantitative estimate of drug-likeness (QED) is 0.470. The van der Waals surface area contributed by atoms with Gasteiger partial charge in [0.05, 0.1) is 18.5 Å². The average molecular weight is 268 g/mol. The fraction of sp³-hybridized carbons (Fsp3) is 0.500. The zero-order chi connectivity index (χ0) is 14.6. The monoisotopic (exact) mass is 268 g/mol. The van der Waals surface area contributed by atoms with E-state index in [1.54, 1.807) is 20.8 Å². The highest BCUT2D eigenvalue weighted by molar-refractivity contribution is 5.74. The summed E-state index contributed by atoms with van der Waals surface area (Å²) in [7, 11) is 1.39. The molecule has 104 valence electrons. The summed E-state index contributed by atoms with van der Waals surface area (Å²) in [6, 6.07) is 1.36. The summed E-state index contributed by atoms with van der Waals surface area (Å²) in [5, 5.41) is 10.9. The maximum Gasteiger partial charge on any atom is 0.311 e. The van der Waals surface area contributed by atoms with Crippen LogP contribution in [0.25, 0.3) is 0 Å². The van der Waals surface area contributed by atoms with Crippen molar-refractivity contribution in [2.24, 2.45) is 0 Å². The number of nitrogens with zero attached hydrogens (tertiary/aromatic N) is 2. The van der Waals surface area contributed by atoms with Crippen LogP contribution in [0.4, 0.5) is 5.69 Å². The molecule has 0 fully saturated rings. The molecule has 0 aliphatic heterocycles. The van der Waals surface area contributed by atoms with Gasteiger partial charge in [0.1, 0.15) is 11.8 Å². The number of esters is 1. The molecule has 1 heterocycles. The van der Waals surface area contributed by atoms with Crippen LogP contribution in [0.15, 0.2) is 12.3 Å². The van der Waals surface area contributed by atoms with E-state index >= 15 is 0 Å². The third-order valence-electron chi connectivity index (χ3n) is 2.10. The lowest BCUT2D eigenvalue weighted by molar-refractivity contribution is -0.385. The summed E-state index contributed by atoms with van der Waals surface area (Å²) in [5.74, 6) is -0.326. The van der Waals surface area contributed by atoms with Gasteiger partial charge in [-0.05, 0) is 20.8 Å². The second-order valence-electron chi connectivity index (χ2n) is 4.88. The molecule has 1 rings (SSSR count). The lowest BCUT2D eigenvalue weighted by Gasteiger charge is -2.19. The van der Waals surface area contributed by atoms with E-state index < -0.39 is 16.5 Å². The smallest absolute Gasteiger partial charge is 0.311 e. The fourth-order valence-corrected chi connectivity index (χ4v) is 1.42. The minimum Gasteiger partial charge on any atom is -0.481 e. The number of methoxy groups -OCH3 is 1. The van der Waals surface area contributed by atoms with Gasteiger partial charge in [-0.1, -0.05) is 0 Å². The van der Waals surface area contributed by atoms with Gasteiger partial charge in [-0.2, -0.15) is 0 Å². The lowest BCUT2D eigenvalue weighted by Crippen LogP contribution is -2.25. The van der Waals surface area contributed by atoms with Crippen LogP contribution in [0.5, 0.6) is 5.88 Å². The second kappa shape index (κ2) is 5.64. The van der Waals surface area contributed by atoms with Crippen molar-refractivity contribution < 1.29 is 19.2 Å². The van der Waals surface area contributed by atoms with Crippen molar-refractivity contribution in [1.29, 1.82) is 0 Å². The SMILES string of the molecule is COc1cc(CC(=O)OC(C)(C)C)c([N+](=O)[O-])cn1. The van der Waals surface area contributed by atoms with E-state index in [0.29, 0.717) is 0 Å². The number of hydrogen-bond acceptors (Lipinski definition) is 6. The van der Waals surface area contributed by atoms with Crippen molar-refractivity contribution in [2.75, 3.05) is 7.11 Å². The third-order valence-corrected chi connectivity index (χ3v) is 2.10. The summed E-state index contributed by atoms with van der Waals surface area (Å²) in [6.45, 7) is 5.19. The molecule has 0 aromatic carbocycles. The number of carbonyl (C=O) groups excluding carboxylic acids is 1. The van der Waals surface area contributed by atoms with E-state index in [4.69, 9.17) is 9.47 Å². The van der Waals surface area contributed by atoms with E-state index in [-0.39, 0.29) is 23.6 Å². The van der Waals surface area contributed by atoms with Gasteiger partial charge in [0.15, 0.2) is 0 Å². The summed E-state index contributed by atoms with van der Waals surface area (Å²) in [6.07, 6.45) is 0.866. The van der Waals surface area contributed by atoms with Crippen LogP contribution in [0.2, 0.25) is 0 Å². The highest BCUT2D eigenvalue weighted by atomic mass is 16.6. The number of hydrogen-bond donors (Lipinski definition) is 0. The molecular weight excluding hydrogens is 252 g/mol. The molecule has 0 bridgehead atoms. The molecule has 0 saturated heterocycles. The molecule has 19 heavy (non-hydrogen) atoms. The summed E-state index contributed by atoms with van der Waals surface area (Å²) >= 11 is 0. The van der Waals surface area contributed by atoms with Gasteiger partial charge in [0.2, 0.25) is 5.88 Å². The molecule has 0 N–H and O–H groups in total. The van der Waals surface area contributed by atoms with Gasteiger partial charge >= 0.3 is 5.97 Å². The van der Waals surface area contributed by atoms with Crippen molar-refractivity contribution in [3.05, 3.63) is 27.9 Å². The zero-order valence-corrected chi connectivity index (χ0v) is 11.3. The van der Waals surface area contributed by atoms with Gasteiger partial charge in [0, 0.05) is 11.6 Å². The Morgan fingerprint density at radius 1 is 1.47 bits per heavy atom. The van der Waals surface area contributed by atoms with Crippen LogP contribution >= 0.6 is 0 Å². The molecule has 7 heteroatoms. The predicted octanol–water partition coefficient (Wildman–Crippen LogP) is 1.88. The van der Waals surface area contributed by atoms with E-state index in [1.807, 2.05) is 0 Å². The molecule has 0 saturated carbocycles. The standard InChI is InChI=1S/C12H16N2O5/c1-12(2,3)19-11(15)6-8-5-10(18-4)13-7-9(8)14(16)17/h5,7H,6H2,1-4H3. The molecule has 7 nitrogen and oxygen atoms in total. The Balaban J connectivity index is 2.98.